The number of fused-ring (bicyclic) bond motifs is 1. The largest absolute Gasteiger partial charge is 0.508 e. The lowest BCUT2D eigenvalue weighted by molar-refractivity contribution is 0.472. The first kappa shape index (κ1) is 6.97. The normalized spacial score (nSPS) is 10.8. The van der Waals surface area contributed by atoms with E-state index in [1.807, 2.05) is 0 Å². The molecule has 0 unspecified atom stereocenters. The van der Waals surface area contributed by atoms with E-state index in [-0.39, 0.29) is 5.75 Å². The van der Waals surface area contributed by atoms with Crippen molar-refractivity contribution >= 4 is 17.0 Å². The molecule has 0 saturated heterocycles. The molecule has 0 saturated carbocycles. The number of aromatic amines is 1. The highest BCUT2D eigenvalue weighted by atomic mass is 16.3. The van der Waals surface area contributed by atoms with E-state index in [9.17, 15) is 5.11 Å². The average Bonchev–Trinajstić information content (AvgIpc) is 2.39. The Bertz CT molecular complexity index is 433. The van der Waals surface area contributed by atoms with Crippen LogP contribution < -0.4 is 5.73 Å². The Morgan fingerprint density at radius 2 is 2.25 bits per heavy atom. The van der Waals surface area contributed by atoms with Crippen LogP contribution in [0.2, 0.25) is 0 Å². The van der Waals surface area contributed by atoms with Crippen molar-refractivity contribution in [1.29, 1.82) is 0 Å². The third-order valence-electron chi connectivity index (χ3n) is 1.90. The highest BCUT2D eigenvalue weighted by molar-refractivity contribution is 5.82. The van der Waals surface area contributed by atoms with E-state index in [2.05, 4.69) is 9.97 Å². The number of nitrogens with zero attached hydrogens (tertiary/aromatic N) is 1. The molecule has 0 aliphatic carbocycles. The Morgan fingerprint density at radius 3 is 3.00 bits per heavy atom. The summed E-state index contributed by atoms with van der Waals surface area (Å²) < 4.78 is 0. The molecule has 0 spiro atoms. The van der Waals surface area contributed by atoms with E-state index in [0.717, 1.165) is 16.6 Å². The van der Waals surface area contributed by atoms with E-state index in [0.29, 0.717) is 5.95 Å². The second kappa shape index (κ2) is 2.14. The number of phenols is 1. The molecule has 1 aromatic heterocycles. The maximum atomic E-state index is 9.33. The third kappa shape index (κ3) is 0.812. The monoisotopic (exact) mass is 163 g/mol. The first-order valence-electron chi connectivity index (χ1n) is 3.62. The first-order valence-corrected chi connectivity index (χ1v) is 3.62. The Morgan fingerprint density at radius 1 is 1.50 bits per heavy atom. The lowest BCUT2D eigenvalue weighted by Crippen LogP contribution is -1.84. The van der Waals surface area contributed by atoms with E-state index >= 15 is 0 Å². The molecule has 2 rings (SSSR count). The highest BCUT2D eigenvalue weighted by Crippen LogP contribution is 2.24. The molecule has 12 heavy (non-hydrogen) atoms. The van der Waals surface area contributed by atoms with Gasteiger partial charge in [0.1, 0.15) is 5.75 Å². The number of aromatic nitrogens is 2. The molecule has 0 aliphatic heterocycles. The van der Waals surface area contributed by atoms with Gasteiger partial charge in [0.15, 0.2) is 5.95 Å². The van der Waals surface area contributed by atoms with E-state index in [4.69, 9.17) is 5.73 Å². The number of hydrogen-bond donors (Lipinski definition) is 3. The molecular formula is C8H9N3O. The van der Waals surface area contributed by atoms with Gasteiger partial charge >= 0.3 is 0 Å². The number of benzene rings is 1. The van der Waals surface area contributed by atoms with Crippen LogP contribution in [0.25, 0.3) is 11.0 Å². The molecule has 0 bridgehead atoms. The van der Waals surface area contributed by atoms with E-state index in [1.165, 1.54) is 0 Å². The summed E-state index contributed by atoms with van der Waals surface area (Å²) in [4.78, 5) is 6.92. The fourth-order valence-corrected chi connectivity index (χ4v) is 1.22. The molecule has 62 valence electrons. The molecule has 0 amide bonds. The summed E-state index contributed by atoms with van der Waals surface area (Å²) in [5, 5.41) is 9.33. The summed E-state index contributed by atoms with van der Waals surface area (Å²) in [5.74, 6) is 0.618. The highest BCUT2D eigenvalue weighted by Gasteiger charge is 2.05. The number of nitrogens with one attached hydrogen (secondary N) is 1. The van der Waals surface area contributed by atoms with Crippen LogP contribution in [-0.4, -0.2) is 15.1 Å². The third-order valence-corrected chi connectivity index (χ3v) is 1.90. The average molecular weight is 163 g/mol. The van der Waals surface area contributed by atoms with Gasteiger partial charge in [0.2, 0.25) is 0 Å². The van der Waals surface area contributed by atoms with Crippen molar-refractivity contribution in [3.63, 3.8) is 0 Å². The van der Waals surface area contributed by atoms with Crippen LogP contribution in [0.15, 0.2) is 12.1 Å². The van der Waals surface area contributed by atoms with Gasteiger partial charge in [0.25, 0.3) is 0 Å². The maximum absolute atomic E-state index is 9.33. The number of nitrogen functional groups attached to an aromatic ring is 1. The minimum absolute atomic E-state index is 0.244. The topological polar surface area (TPSA) is 74.9 Å². The van der Waals surface area contributed by atoms with Gasteiger partial charge in [0, 0.05) is 5.56 Å². The number of imidazole rings is 1. The second-order valence-electron chi connectivity index (χ2n) is 2.73. The van der Waals surface area contributed by atoms with Gasteiger partial charge in [-0.15, -0.1) is 0 Å². The molecule has 0 radical (unpaired) electrons. The maximum Gasteiger partial charge on any atom is 0.198 e. The second-order valence-corrected chi connectivity index (χ2v) is 2.73. The predicted molar refractivity (Wildman–Crippen MR) is 46.9 cm³/mol. The van der Waals surface area contributed by atoms with Crippen molar-refractivity contribution in [2.75, 3.05) is 5.73 Å². The lowest BCUT2D eigenvalue weighted by Gasteiger charge is -1.96. The Balaban J connectivity index is 2.89. The zero-order valence-corrected chi connectivity index (χ0v) is 6.63. The van der Waals surface area contributed by atoms with Crippen LogP contribution in [0.3, 0.4) is 0 Å². The summed E-state index contributed by atoms with van der Waals surface area (Å²) in [5.41, 5.74) is 7.79. The quantitative estimate of drug-likeness (QED) is 0.545. The van der Waals surface area contributed by atoms with Gasteiger partial charge in [-0.25, -0.2) is 4.98 Å². The number of phenolic OH excluding ortho intramolecular Hbond substituents is 1. The molecule has 0 fully saturated rings. The van der Waals surface area contributed by atoms with Gasteiger partial charge in [-0.3, -0.25) is 0 Å². The van der Waals surface area contributed by atoms with Crippen molar-refractivity contribution in [3.8, 4) is 5.75 Å². The number of aryl methyl sites for hydroxylation is 1. The van der Waals surface area contributed by atoms with Crippen LogP contribution in [0.4, 0.5) is 5.95 Å². The van der Waals surface area contributed by atoms with Crippen molar-refractivity contribution in [1.82, 2.24) is 9.97 Å². The molecule has 1 heterocycles. The summed E-state index contributed by atoms with van der Waals surface area (Å²) in [6.45, 7) is 1.80. The number of H-pyrrole nitrogens is 1. The lowest BCUT2D eigenvalue weighted by atomic mass is 10.2. The van der Waals surface area contributed by atoms with Gasteiger partial charge in [0.05, 0.1) is 11.0 Å². The molecule has 4 nitrogen and oxygen atoms in total. The minimum atomic E-state index is 0.244. The van der Waals surface area contributed by atoms with Crippen LogP contribution >= 0.6 is 0 Å². The molecule has 4 N–H and O–H groups in total. The van der Waals surface area contributed by atoms with Crippen molar-refractivity contribution in [2.24, 2.45) is 0 Å². The predicted octanol–water partition coefficient (Wildman–Crippen LogP) is 1.16. The Labute approximate surface area is 69.0 Å². The van der Waals surface area contributed by atoms with Crippen molar-refractivity contribution in [2.45, 2.75) is 6.92 Å². The van der Waals surface area contributed by atoms with Gasteiger partial charge in [-0.2, -0.15) is 0 Å². The summed E-state index contributed by atoms with van der Waals surface area (Å²) >= 11 is 0. The zero-order chi connectivity index (χ0) is 8.72. The van der Waals surface area contributed by atoms with Crippen molar-refractivity contribution < 1.29 is 5.11 Å². The van der Waals surface area contributed by atoms with E-state index in [1.54, 1.807) is 19.1 Å². The van der Waals surface area contributed by atoms with Crippen LogP contribution in [0, 0.1) is 6.92 Å². The number of rotatable bonds is 0. The summed E-state index contributed by atoms with van der Waals surface area (Å²) in [6, 6.07) is 3.37. The number of hydrogen-bond acceptors (Lipinski definition) is 3. The Kier molecular flexibility index (Phi) is 1.24. The standard InChI is InChI=1S/C8H9N3O/c1-4-6(12)3-2-5-7(4)11-8(9)10-5/h2-3,12H,1H3,(H3,9,10,11). The Hall–Kier alpha value is -1.71. The number of anilines is 1. The molecular weight excluding hydrogens is 154 g/mol. The zero-order valence-electron chi connectivity index (χ0n) is 6.63. The molecule has 4 heteroatoms. The van der Waals surface area contributed by atoms with Crippen LogP contribution in [0.1, 0.15) is 5.56 Å². The SMILES string of the molecule is Cc1c(O)ccc2[nH]c(N)nc12. The van der Waals surface area contributed by atoms with Gasteiger partial charge in [-0.1, -0.05) is 0 Å². The molecule has 1 aromatic carbocycles. The summed E-state index contributed by atoms with van der Waals surface area (Å²) in [6.07, 6.45) is 0. The van der Waals surface area contributed by atoms with E-state index < -0.39 is 0 Å². The fourth-order valence-electron chi connectivity index (χ4n) is 1.22. The molecule has 2 aromatic rings. The first-order chi connectivity index (χ1) is 5.68. The fraction of sp³-hybridized carbons (Fsp3) is 0.125. The number of nitrogens with two attached hydrogens (primary N) is 1. The smallest absolute Gasteiger partial charge is 0.198 e. The van der Waals surface area contributed by atoms with Crippen molar-refractivity contribution in [3.05, 3.63) is 17.7 Å². The van der Waals surface area contributed by atoms with Crippen LogP contribution in [-0.2, 0) is 0 Å². The molecule has 0 aliphatic rings. The minimum Gasteiger partial charge on any atom is -0.508 e. The van der Waals surface area contributed by atoms with Gasteiger partial charge in [-0.05, 0) is 19.1 Å². The summed E-state index contributed by atoms with van der Waals surface area (Å²) in [7, 11) is 0. The van der Waals surface area contributed by atoms with Gasteiger partial charge < -0.3 is 15.8 Å². The molecule has 0 atom stereocenters. The number of aromatic hydroxyl groups is 1. The van der Waals surface area contributed by atoms with Crippen LogP contribution in [0.5, 0.6) is 5.75 Å².